The number of carbonyl (C=O) groups excluding carboxylic acids is 2. The molecule has 3 N–H and O–H groups in total. The molecule has 2 aromatic rings. The van der Waals surface area contributed by atoms with Crippen molar-refractivity contribution in [3.63, 3.8) is 0 Å². The fourth-order valence-electron chi connectivity index (χ4n) is 3.32. The number of amides is 2. The van der Waals surface area contributed by atoms with Crippen molar-refractivity contribution in [1.82, 2.24) is 4.90 Å². The highest BCUT2D eigenvalue weighted by molar-refractivity contribution is 5.96. The van der Waals surface area contributed by atoms with Crippen LogP contribution in [0.2, 0.25) is 0 Å². The molecule has 0 spiro atoms. The summed E-state index contributed by atoms with van der Waals surface area (Å²) in [6, 6.07) is 6.64. The molecule has 148 valence electrons. The van der Waals surface area contributed by atoms with E-state index in [1.165, 1.54) is 29.2 Å². The molecule has 0 bridgehead atoms. The van der Waals surface area contributed by atoms with E-state index < -0.39 is 11.9 Å². The number of halogens is 2. The zero-order valence-corrected chi connectivity index (χ0v) is 15.9. The minimum absolute atomic E-state index is 0.0374. The molecule has 7 heteroatoms. The van der Waals surface area contributed by atoms with Crippen molar-refractivity contribution in [2.45, 2.75) is 39.3 Å². The van der Waals surface area contributed by atoms with Crippen molar-refractivity contribution in [2.24, 2.45) is 5.73 Å². The number of hydrogen-bond donors (Lipinski definition) is 2. The lowest BCUT2D eigenvalue weighted by atomic mass is 9.98. The first kappa shape index (κ1) is 19.9. The first-order valence-corrected chi connectivity index (χ1v) is 9.10. The smallest absolute Gasteiger partial charge is 0.244 e. The molecule has 0 saturated heterocycles. The summed E-state index contributed by atoms with van der Waals surface area (Å²) in [4.78, 5) is 26.1. The summed E-state index contributed by atoms with van der Waals surface area (Å²) in [6.45, 7) is 3.69. The Morgan fingerprint density at radius 1 is 1.18 bits per heavy atom. The topological polar surface area (TPSA) is 75.4 Å². The molecule has 2 aromatic carbocycles. The zero-order chi connectivity index (χ0) is 20.4. The van der Waals surface area contributed by atoms with E-state index in [1.807, 2.05) is 13.8 Å². The summed E-state index contributed by atoms with van der Waals surface area (Å²) >= 11 is 0. The van der Waals surface area contributed by atoms with Crippen LogP contribution >= 0.6 is 0 Å². The Kier molecular flexibility index (Phi) is 5.74. The zero-order valence-electron chi connectivity index (χ0n) is 15.9. The number of rotatable bonds is 4. The number of aryl methyl sites for hydroxylation is 2. The standard InChI is InChI=1S/C21H23F2N3O2/c1-12-5-14(18(23)6-13(12)2)8-17(24)9-21(28)26-10-15-7-16(22)3-4-19(15)25-20(27)11-26/h3-7,17H,8-11,24H2,1-2H3,(H,25,27). The molecule has 2 amide bonds. The summed E-state index contributed by atoms with van der Waals surface area (Å²) < 4.78 is 27.7. The second kappa shape index (κ2) is 8.06. The maximum Gasteiger partial charge on any atom is 0.244 e. The molecule has 5 nitrogen and oxygen atoms in total. The van der Waals surface area contributed by atoms with Crippen molar-refractivity contribution in [1.29, 1.82) is 0 Å². The highest BCUT2D eigenvalue weighted by Gasteiger charge is 2.25. The van der Waals surface area contributed by atoms with Gasteiger partial charge in [-0.2, -0.15) is 0 Å². The van der Waals surface area contributed by atoms with Gasteiger partial charge in [-0.25, -0.2) is 8.78 Å². The molecule has 1 aliphatic rings. The minimum Gasteiger partial charge on any atom is -0.329 e. The van der Waals surface area contributed by atoms with Crippen LogP contribution in [0.15, 0.2) is 30.3 Å². The third-order valence-corrected chi connectivity index (χ3v) is 4.97. The summed E-state index contributed by atoms with van der Waals surface area (Å²) in [5.74, 6) is -1.47. The third-order valence-electron chi connectivity index (χ3n) is 4.97. The quantitative estimate of drug-likeness (QED) is 0.847. The number of nitrogens with one attached hydrogen (secondary N) is 1. The summed E-state index contributed by atoms with van der Waals surface area (Å²) in [5, 5.41) is 2.67. The Morgan fingerprint density at radius 3 is 2.64 bits per heavy atom. The number of fused-ring (bicyclic) bond motifs is 1. The first-order valence-electron chi connectivity index (χ1n) is 9.10. The van der Waals surface area contributed by atoms with E-state index in [-0.39, 0.29) is 43.6 Å². The van der Waals surface area contributed by atoms with Gasteiger partial charge in [0.1, 0.15) is 18.2 Å². The van der Waals surface area contributed by atoms with Gasteiger partial charge in [-0.1, -0.05) is 6.07 Å². The summed E-state index contributed by atoms with van der Waals surface area (Å²) in [5.41, 5.74) is 9.37. The van der Waals surface area contributed by atoms with Gasteiger partial charge in [-0.05, 0) is 66.8 Å². The van der Waals surface area contributed by atoms with Gasteiger partial charge in [0, 0.05) is 24.7 Å². The highest BCUT2D eigenvalue weighted by atomic mass is 19.1. The van der Waals surface area contributed by atoms with Crippen LogP contribution in [-0.2, 0) is 22.6 Å². The predicted molar refractivity (Wildman–Crippen MR) is 103 cm³/mol. The second-order valence-electron chi connectivity index (χ2n) is 7.30. The van der Waals surface area contributed by atoms with Gasteiger partial charge < -0.3 is 16.0 Å². The van der Waals surface area contributed by atoms with E-state index in [0.717, 1.165) is 11.1 Å². The number of carbonyl (C=O) groups is 2. The van der Waals surface area contributed by atoms with Gasteiger partial charge in [-0.15, -0.1) is 0 Å². The molecule has 28 heavy (non-hydrogen) atoms. The monoisotopic (exact) mass is 387 g/mol. The number of anilines is 1. The Balaban J connectivity index is 1.70. The lowest BCUT2D eigenvalue weighted by Gasteiger charge is -2.22. The average molecular weight is 387 g/mol. The van der Waals surface area contributed by atoms with Crippen molar-refractivity contribution in [3.05, 3.63) is 64.2 Å². The third kappa shape index (κ3) is 4.54. The van der Waals surface area contributed by atoms with Crippen LogP contribution in [0.5, 0.6) is 0 Å². The molecule has 3 rings (SSSR count). The van der Waals surface area contributed by atoms with Crippen LogP contribution < -0.4 is 11.1 Å². The molecule has 0 aliphatic carbocycles. The van der Waals surface area contributed by atoms with Crippen LogP contribution in [-0.4, -0.2) is 29.3 Å². The molecule has 1 heterocycles. The molecule has 0 fully saturated rings. The van der Waals surface area contributed by atoms with Crippen LogP contribution in [0.1, 0.15) is 28.7 Å². The highest BCUT2D eigenvalue weighted by Crippen LogP contribution is 2.23. The van der Waals surface area contributed by atoms with E-state index in [0.29, 0.717) is 16.8 Å². The van der Waals surface area contributed by atoms with E-state index in [9.17, 15) is 18.4 Å². The van der Waals surface area contributed by atoms with Crippen molar-refractivity contribution in [2.75, 3.05) is 11.9 Å². The van der Waals surface area contributed by atoms with Crippen molar-refractivity contribution in [3.8, 4) is 0 Å². The molecule has 0 radical (unpaired) electrons. The van der Waals surface area contributed by atoms with Crippen LogP contribution in [0.4, 0.5) is 14.5 Å². The van der Waals surface area contributed by atoms with Gasteiger partial charge in [0.25, 0.3) is 0 Å². The van der Waals surface area contributed by atoms with Gasteiger partial charge >= 0.3 is 0 Å². The Labute approximate surface area is 162 Å². The van der Waals surface area contributed by atoms with Gasteiger partial charge in [0.2, 0.25) is 11.8 Å². The maximum atomic E-state index is 14.2. The summed E-state index contributed by atoms with van der Waals surface area (Å²) in [7, 11) is 0. The Bertz CT molecular complexity index is 930. The fraction of sp³-hybridized carbons (Fsp3) is 0.333. The van der Waals surface area contributed by atoms with Crippen molar-refractivity contribution < 1.29 is 18.4 Å². The largest absolute Gasteiger partial charge is 0.329 e. The van der Waals surface area contributed by atoms with E-state index in [2.05, 4.69) is 5.32 Å². The molecular weight excluding hydrogens is 364 g/mol. The molecule has 1 atom stereocenters. The van der Waals surface area contributed by atoms with E-state index in [4.69, 9.17) is 5.73 Å². The maximum absolute atomic E-state index is 14.2. The second-order valence-corrected chi connectivity index (χ2v) is 7.30. The number of nitrogens with zero attached hydrogens (tertiary/aromatic N) is 1. The van der Waals surface area contributed by atoms with Gasteiger partial charge in [0.05, 0.1) is 0 Å². The average Bonchev–Trinajstić information content (AvgIpc) is 2.77. The SMILES string of the molecule is Cc1cc(F)c(CC(N)CC(=O)N2CC(=O)Nc3ccc(F)cc3C2)cc1C. The molecule has 0 saturated carbocycles. The minimum atomic E-state index is -0.595. The predicted octanol–water partition coefficient (Wildman–Crippen LogP) is 2.82. The van der Waals surface area contributed by atoms with Crippen LogP contribution in [0.3, 0.4) is 0 Å². The van der Waals surface area contributed by atoms with Crippen LogP contribution in [0.25, 0.3) is 0 Å². The normalized spacial score (nSPS) is 14.9. The molecule has 1 aliphatic heterocycles. The molecule has 0 aromatic heterocycles. The van der Waals surface area contributed by atoms with E-state index in [1.54, 1.807) is 6.07 Å². The lowest BCUT2D eigenvalue weighted by Crippen LogP contribution is -2.39. The lowest BCUT2D eigenvalue weighted by molar-refractivity contribution is -0.135. The number of nitrogens with two attached hydrogens (primary N) is 1. The Hall–Kier alpha value is -2.80. The van der Waals surface area contributed by atoms with Crippen LogP contribution in [0, 0.1) is 25.5 Å². The molecule has 1 unspecified atom stereocenters. The van der Waals surface area contributed by atoms with E-state index >= 15 is 0 Å². The molecular formula is C21H23F2N3O2. The van der Waals surface area contributed by atoms with Gasteiger partial charge in [0.15, 0.2) is 0 Å². The Morgan fingerprint density at radius 2 is 1.89 bits per heavy atom. The first-order chi connectivity index (χ1) is 13.2. The van der Waals surface area contributed by atoms with Crippen molar-refractivity contribution >= 4 is 17.5 Å². The van der Waals surface area contributed by atoms with Gasteiger partial charge in [-0.3, -0.25) is 9.59 Å². The fourth-order valence-corrected chi connectivity index (χ4v) is 3.32. The summed E-state index contributed by atoms with van der Waals surface area (Å²) in [6.07, 6.45) is 0.175. The number of hydrogen-bond acceptors (Lipinski definition) is 3. The number of benzene rings is 2.